The molecule has 2 heteroatoms. The quantitative estimate of drug-likeness (QED) is 0.439. The van der Waals surface area contributed by atoms with Crippen LogP contribution in [0.25, 0.3) is 0 Å². The Balaban J connectivity index is 2.24. The SMILES string of the molecule is O=C1C/C=C/CCCCCCCCO1. The van der Waals surface area contributed by atoms with E-state index >= 15 is 0 Å². The summed E-state index contributed by atoms with van der Waals surface area (Å²) < 4.78 is 5.07. The third kappa shape index (κ3) is 5.79. The normalized spacial score (nSPS) is 23.9. The molecular formula is C12H20O2. The topological polar surface area (TPSA) is 26.3 Å². The molecule has 1 rings (SSSR count). The van der Waals surface area contributed by atoms with Gasteiger partial charge in [-0.2, -0.15) is 0 Å². The molecule has 1 heterocycles. The zero-order chi connectivity index (χ0) is 10.1. The summed E-state index contributed by atoms with van der Waals surface area (Å²) in [5.74, 6) is -0.0829. The van der Waals surface area contributed by atoms with Gasteiger partial charge in [-0.1, -0.05) is 37.8 Å². The van der Waals surface area contributed by atoms with E-state index in [0.717, 1.165) is 12.8 Å². The van der Waals surface area contributed by atoms with Gasteiger partial charge >= 0.3 is 5.97 Å². The molecular weight excluding hydrogens is 176 g/mol. The Kier molecular flexibility index (Phi) is 6.13. The van der Waals surface area contributed by atoms with Crippen LogP contribution in [0.4, 0.5) is 0 Å². The first-order valence-corrected chi connectivity index (χ1v) is 5.70. The lowest BCUT2D eigenvalue weighted by Gasteiger charge is -2.02. The third-order valence-corrected chi connectivity index (χ3v) is 2.48. The van der Waals surface area contributed by atoms with Crippen molar-refractivity contribution in [2.75, 3.05) is 6.61 Å². The predicted octanol–water partition coefficient (Wildman–Crippen LogP) is 3.22. The van der Waals surface area contributed by atoms with Gasteiger partial charge in [-0.3, -0.25) is 4.79 Å². The van der Waals surface area contributed by atoms with E-state index in [1.165, 1.54) is 32.1 Å². The second-order valence-corrected chi connectivity index (χ2v) is 3.81. The first-order valence-electron chi connectivity index (χ1n) is 5.70. The lowest BCUT2D eigenvalue weighted by Crippen LogP contribution is -2.04. The van der Waals surface area contributed by atoms with Crippen LogP contribution in [0, 0.1) is 0 Å². The van der Waals surface area contributed by atoms with Crippen molar-refractivity contribution in [2.45, 2.75) is 51.4 Å². The van der Waals surface area contributed by atoms with Crippen molar-refractivity contribution >= 4 is 5.97 Å². The van der Waals surface area contributed by atoms with E-state index in [9.17, 15) is 4.79 Å². The van der Waals surface area contributed by atoms with Crippen LogP contribution in [0.2, 0.25) is 0 Å². The molecule has 0 saturated carbocycles. The average Bonchev–Trinajstić information content (AvgIpc) is 2.20. The van der Waals surface area contributed by atoms with Crippen LogP contribution < -0.4 is 0 Å². The van der Waals surface area contributed by atoms with Crippen molar-refractivity contribution < 1.29 is 9.53 Å². The van der Waals surface area contributed by atoms with Crippen LogP contribution in [-0.2, 0) is 9.53 Å². The number of allylic oxidation sites excluding steroid dienone is 1. The highest BCUT2D eigenvalue weighted by Gasteiger charge is 1.99. The van der Waals surface area contributed by atoms with E-state index in [4.69, 9.17) is 4.74 Å². The number of carbonyl (C=O) groups is 1. The first-order chi connectivity index (χ1) is 6.89. The summed E-state index contributed by atoms with van der Waals surface area (Å²) in [6.07, 6.45) is 13.0. The molecule has 14 heavy (non-hydrogen) atoms. The summed E-state index contributed by atoms with van der Waals surface area (Å²) in [4.78, 5) is 11.1. The number of carbonyl (C=O) groups excluding carboxylic acids is 1. The second-order valence-electron chi connectivity index (χ2n) is 3.81. The van der Waals surface area contributed by atoms with Gasteiger partial charge in [0.1, 0.15) is 0 Å². The number of hydrogen-bond acceptors (Lipinski definition) is 2. The van der Waals surface area contributed by atoms with Crippen LogP contribution >= 0.6 is 0 Å². The molecule has 0 N–H and O–H groups in total. The Hall–Kier alpha value is -0.790. The molecule has 0 saturated heterocycles. The lowest BCUT2D eigenvalue weighted by atomic mass is 10.1. The maximum Gasteiger partial charge on any atom is 0.309 e. The summed E-state index contributed by atoms with van der Waals surface area (Å²) in [5, 5.41) is 0. The van der Waals surface area contributed by atoms with Crippen LogP contribution in [0.5, 0.6) is 0 Å². The Morgan fingerprint density at radius 1 is 0.929 bits per heavy atom. The van der Waals surface area contributed by atoms with E-state index in [2.05, 4.69) is 6.08 Å². The van der Waals surface area contributed by atoms with Crippen LogP contribution in [0.1, 0.15) is 51.4 Å². The van der Waals surface area contributed by atoms with E-state index in [1.807, 2.05) is 6.08 Å². The highest BCUT2D eigenvalue weighted by molar-refractivity contribution is 5.71. The minimum absolute atomic E-state index is 0.0829. The molecule has 0 spiro atoms. The lowest BCUT2D eigenvalue weighted by molar-refractivity contribution is -0.142. The van der Waals surface area contributed by atoms with Gasteiger partial charge in [-0.25, -0.2) is 0 Å². The van der Waals surface area contributed by atoms with Gasteiger partial charge in [-0.05, 0) is 19.3 Å². The maximum absolute atomic E-state index is 11.1. The fraction of sp³-hybridized carbons (Fsp3) is 0.750. The Morgan fingerprint density at radius 2 is 1.64 bits per heavy atom. The number of rotatable bonds is 0. The van der Waals surface area contributed by atoms with Crippen molar-refractivity contribution in [1.29, 1.82) is 0 Å². The van der Waals surface area contributed by atoms with Gasteiger partial charge in [-0.15, -0.1) is 0 Å². The monoisotopic (exact) mass is 196 g/mol. The highest BCUT2D eigenvalue weighted by Crippen LogP contribution is 2.09. The minimum Gasteiger partial charge on any atom is -0.465 e. The highest BCUT2D eigenvalue weighted by atomic mass is 16.5. The molecule has 1 aliphatic heterocycles. The van der Waals surface area contributed by atoms with Crippen LogP contribution in [0.15, 0.2) is 12.2 Å². The Morgan fingerprint density at radius 3 is 2.50 bits per heavy atom. The number of cyclic esters (lactones) is 1. The van der Waals surface area contributed by atoms with Crippen molar-refractivity contribution in [3.63, 3.8) is 0 Å². The number of hydrogen-bond donors (Lipinski definition) is 0. The van der Waals surface area contributed by atoms with E-state index in [-0.39, 0.29) is 5.97 Å². The summed E-state index contributed by atoms with van der Waals surface area (Å²) in [6, 6.07) is 0. The minimum atomic E-state index is -0.0829. The van der Waals surface area contributed by atoms with Crippen molar-refractivity contribution in [3.8, 4) is 0 Å². The fourth-order valence-electron chi connectivity index (χ4n) is 1.61. The Bertz CT molecular complexity index is 185. The van der Waals surface area contributed by atoms with Crippen molar-refractivity contribution in [2.24, 2.45) is 0 Å². The summed E-state index contributed by atoms with van der Waals surface area (Å²) in [5.41, 5.74) is 0. The third-order valence-electron chi connectivity index (χ3n) is 2.48. The largest absolute Gasteiger partial charge is 0.465 e. The molecule has 0 aliphatic carbocycles. The molecule has 80 valence electrons. The molecule has 0 amide bonds. The van der Waals surface area contributed by atoms with Gasteiger partial charge in [0.2, 0.25) is 0 Å². The van der Waals surface area contributed by atoms with Crippen LogP contribution in [-0.4, -0.2) is 12.6 Å². The summed E-state index contributed by atoms with van der Waals surface area (Å²) in [6.45, 7) is 0.604. The molecule has 2 nitrogen and oxygen atoms in total. The summed E-state index contributed by atoms with van der Waals surface area (Å²) >= 11 is 0. The molecule has 1 aliphatic rings. The summed E-state index contributed by atoms with van der Waals surface area (Å²) in [7, 11) is 0. The molecule has 0 aromatic carbocycles. The molecule has 0 aromatic rings. The zero-order valence-electron chi connectivity index (χ0n) is 8.84. The zero-order valence-corrected chi connectivity index (χ0v) is 8.84. The average molecular weight is 196 g/mol. The fourth-order valence-corrected chi connectivity index (χ4v) is 1.61. The van der Waals surface area contributed by atoms with Gasteiger partial charge in [0.25, 0.3) is 0 Å². The second kappa shape index (κ2) is 7.60. The molecule has 0 unspecified atom stereocenters. The first kappa shape index (κ1) is 11.3. The maximum atomic E-state index is 11.1. The van der Waals surface area contributed by atoms with Crippen LogP contribution in [0.3, 0.4) is 0 Å². The molecule has 0 bridgehead atoms. The molecule has 0 aromatic heterocycles. The molecule has 0 atom stereocenters. The number of ether oxygens (including phenoxy) is 1. The van der Waals surface area contributed by atoms with Crippen molar-refractivity contribution in [3.05, 3.63) is 12.2 Å². The van der Waals surface area contributed by atoms with Gasteiger partial charge in [0.05, 0.1) is 13.0 Å². The van der Waals surface area contributed by atoms with Gasteiger partial charge < -0.3 is 4.74 Å². The predicted molar refractivity (Wildman–Crippen MR) is 57.0 cm³/mol. The van der Waals surface area contributed by atoms with E-state index in [1.54, 1.807) is 0 Å². The smallest absolute Gasteiger partial charge is 0.309 e. The standard InChI is InChI=1S/C12H20O2/c13-12-10-8-6-4-2-1-3-5-7-9-11-14-12/h6,8H,1-5,7,9-11H2/b8-6+. The van der Waals surface area contributed by atoms with Crippen molar-refractivity contribution in [1.82, 2.24) is 0 Å². The van der Waals surface area contributed by atoms with Gasteiger partial charge in [0, 0.05) is 0 Å². The number of esters is 1. The van der Waals surface area contributed by atoms with Gasteiger partial charge in [0.15, 0.2) is 0 Å². The molecule has 0 radical (unpaired) electrons. The Labute approximate surface area is 86.3 Å². The molecule has 0 fully saturated rings. The van der Waals surface area contributed by atoms with E-state index in [0.29, 0.717) is 13.0 Å². The van der Waals surface area contributed by atoms with E-state index < -0.39 is 0 Å².